The van der Waals surface area contributed by atoms with Crippen LogP contribution in [0.25, 0.3) is 11.3 Å². The summed E-state index contributed by atoms with van der Waals surface area (Å²) >= 11 is 3.32. The Morgan fingerprint density at radius 1 is 1.33 bits per heavy atom. The quantitative estimate of drug-likeness (QED) is 0.850. The lowest BCUT2D eigenvalue weighted by Gasteiger charge is -2.09. The van der Waals surface area contributed by atoms with E-state index in [0.29, 0.717) is 16.0 Å². The van der Waals surface area contributed by atoms with Crippen molar-refractivity contribution in [1.29, 1.82) is 5.26 Å². The Morgan fingerprint density at radius 3 is 2.56 bits per heavy atom. The number of methoxy groups -OCH3 is 1. The molecule has 5 heteroatoms. The summed E-state index contributed by atoms with van der Waals surface area (Å²) in [5.74, 6) is 1.20. The lowest BCUT2D eigenvalue weighted by Crippen LogP contribution is -1.91. The van der Waals surface area contributed by atoms with Crippen LogP contribution in [0.15, 0.2) is 21.1 Å². The molecule has 2 aromatic rings. The maximum absolute atomic E-state index is 8.87. The smallest absolute Gasteiger partial charge is 0.198 e. The molecule has 0 saturated heterocycles. The third-order valence-electron chi connectivity index (χ3n) is 2.80. The Morgan fingerprint density at radius 2 is 2.00 bits per heavy atom. The standard InChI is InChI=1S/C13H11BrN2O2/c1-7-4-9(11(17-3)5-8(7)2)13-12(14)10(6-15)16-18-13/h4-5H,1-3H3. The van der Waals surface area contributed by atoms with Crippen LogP contribution >= 0.6 is 15.9 Å². The van der Waals surface area contributed by atoms with Crippen molar-refractivity contribution in [2.45, 2.75) is 13.8 Å². The van der Waals surface area contributed by atoms with Crippen molar-refractivity contribution in [3.05, 3.63) is 33.4 Å². The number of aryl methyl sites for hydroxylation is 2. The van der Waals surface area contributed by atoms with Crippen LogP contribution < -0.4 is 4.74 Å². The van der Waals surface area contributed by atoms with Gasteiger partial charge in [-0.05, 0) is 53.0 Å². The molecule has 0 unspecified atom stereocenters. The molecule has 4 nitrogen and oxygen atoms in total. The van der Waals surface area contributed by atoms with Gasteiger partial charge in [0.1, 0.15) is 16.3 Å². The number of ether oxygens (including phenoxy) is 1. The Labute approximate surface area is 113 Å². The lowest BCUT2D eigenvalue weighted by molar-refractivity contribution is 0.405. The molecular weight excluding hydrogens is 296 g/mol. The summed E-state index contributed by atoms with van der Waals surface area (Å²) in [7, 11) is 1.60. The molecule has 2 rings (SSSR count). The van der Waals surface area contributed by atoms with Crippen molar-refractivity contribution in [2.75, 3.05) is 7.11 Å². The Balaban J connectivity index is 2.67. The van der Waals surface area contributed by atoms with Gasteiger partial charge in [0.2, 0.25) is 0 Å². The van der Waals surface area contributed by atoms with Gasteiger partial charge in [0, 0.05) is 0 Å². The highest BCUT2D eigenvalue weighted by molar-refractivity contribution is 9.10. The molecule has 0 bridgehead atoms. The summed E-state index contributed by atoms with van der Waals surface area (Å²) in [5, 5.41) is 12.6. The van der Waals surface area contributed by atoms with Gasteiger partial charge in [-0.3, -0.25) is 0 Å². The van der Waals surface area contributed by atoms with E-state index in [1.807, 2.05) is 32.0 Å². The Bertz CT molecular complexity index is 641. The van der Waals surface area contributed by atoms with Gasteiger partial charge in [-0.15, -0.1) is 0 Å². The van der Waals surface area contributed by atoms with E-state index >= 15 is 0 Å². The van der Waals surface area contributed by atoms with Crippen LogP contribution in [0.1, 0.15) is 16.8 Å². The van der Waals surface area contributed by atoms with E-state index in [-0.39, 0.29) is 5.69 Å². The van der Waals surface area contributed by atoms with Gasteiger partial charge < -0.3 is 9.26 Å². The number of hydrogen-bond acceptors (Lipinski definition) is 4. The number of aromatic nitrogens is 1. The molecule has 0 saturated carbocycles. The molecule has 1 aromatic carbocycles. The molecule has 1 heterocycles. The summed E-state index contributed by atoms with van der Waals surface area (Å²) in [6.07, 6.45) is 0. The minimum atomic E-state index is 0.227. The fraction of sp³-hybridized carbons (Fsp3) is 0.231. The molecule has 18 heavy (non-hydrogen) atoms. The van der Waals surface area contributed by atoms with Crippen molar-refractivity contribution in [1.82, 2.24) is 5.16 Å². The summed E-state index contributed by atoms with van der Waals surface area (Å²) in [4.78, 5) is 0. The van der Waals surface area contributed by atoms with Crippen molar-refractivity contribution < 1.29 is 9.26 Å². The number of halogens is 1. The zero-order valence-electron chi connectivity index (χ0n) is 10.2. The molecule has 0 N–H and O–H groups in total. The van der Waals surface area contributed by atoms with Gasteiger partial charge in [0.15, 0.2) is 11.5 Å². The molecule has 92 valence electrons. The maximum atomic E-state index is 8.87. The minimum Gasteiger partial charge on any atom is -0.496 e. The highest BCUT2D eigenvalue weighted by atomic mass is 79.9. The van der Waals surface area contributed by atoms with Gasteiger partial charge in [0.05, 0.1) is 12.7 Å². The molecule has 0 fully saturated rings. The van der Waals surface area contributed by atoms with Crippen LogP contribution in [-0.4, -0.2) is 12.3 Å². The van der Waals surface area contributed by atoms with Crippen molar-refractivity contribution in [3.63, 3.8) is 0 Å². The average molecular weight is 307 g/mol. The zero-order chi connectivity index (χ0) is 13.3. The normalized spacial score (nSPS) is 10.2. The van der Waals surface area contributed by atoms with E-state index in [1.54, 1.807) is 7.11 Å². The number of nitriles is 1. The second-order valence-corrected chi connectivity index (χ2v) is 4.72. The number of hydrogen-bond donors (Lipinski definition) is 0. The predicted molar refractivity (Wildman–Crippen MR) is 70.4 cm³/mol. The number of benzene rings is 1. The lowest BCUT2D eigenvalue weighted by atomic mass is 10.0. The summed E-state index contributed by atoms with van der Waals surface area (Å²) in [6.45, 7) is 4.02. The highest BCUT2D eigenvalue weighted by Gasteiger charge is 2.19. The molecule has 0 amide bonds. The van der Waals surface area contributed by atoms with E-state index in [1.165, 1.54) is 0 Å². The highest BCUT2D eigenvalue weighted by Crippen LogP contribution is 2.38. The molecule has 0 atom stereocenters. The first-order chi connectivity index (χ1) is 8.58. The van der Waals surface area contributed by atoms with Crippen LogP contribution in [0.3, 0.4) is 0 Å². The van der Waals surface area contributed by atoms with E-state index in [0.717, 1.165) is 16.7 Å². The summed E-state index contributed by atoms with van der Waals surface area (Å²) in [5.41, 5.74) is 3.26. The van der Waals surface area contributed by atoms with Gasteiger partial charge >= 0.3 is 0 Å². The van der Waals surface area contributed by atoms with Crippen LogP contribution in [0.4, 0.5) is 0 Å². The first-order valence-electron chi connectivity index (χ1n) is 5.29. The Hall–Kier alpha value is -1.80. The van der Waals surface area contributed by atoms with E-state index in [2.05, 4.69) is 21.1 Å². The van der Waals surface area contributed by atoms with Crippen LogP contribution in [0, 0.1) is 25.2 Å². The molecule has 0 aliphatic carbocycles. The molecule has 0 aliphatic heterocycles. The third-order valence-corrected chi connectivity index (χ3v) is 3.54. The predicted octanol–water partition coefficient (Wildman–Crippen LogP) is 3.60. The molecule has 0 aliphatic rings. The molecule has 0 spiro atoms. The fourth-order valence-electron chi connectivity index (χ4n) is 1.65. The molecule has 1 aromatic heterocycles. The third kappa shape index (κ3) is 2.00. The van der Waals surface area contributed by atoms with E-state index in [9.17, 15) is 0 Å². The topological polar surface area (TPSA) is 59.1 Å². The number of rotatable bonds is 2. The van der Waals surface area contributed by atoms with Crippen LogP contribution in [-0.2, 0) is 0 Å². The second kappa shape index (κ2) is 4.83. The Kier molecular flexibility index (Phi) is 3.39. The number of nitrogens with zero attached hydrogens (tertiary/aromatic N) is 2. The molecular formula is C13H11BrN2O2. The van der Waals surface area contributed by atoms with Gasteiger partial charge in [0.25, 0.3) is 0 Å². The van der Waals surface area contributed by atoms with Gasteiger partial charge in [-0.1, -0.05) is 5.16 Å². The fourth-order valence-corrected chi connectivity index (χ4v) is 2.10. The SMILES string of the molecule is COc1cc(C)c(C)cc1-c1onc(C#N)c1Br. The van der Waals surface area contributed by atoms with Crippen molar-refractivity contribution >= 4 is 15.9 Å². The zero-order valence-corrected chi connectivity index (χ0v) is 11.8. The summed E-state index contributed by atoms with van der Waals surface area (Å²) < 4.78 is 11.1. The van der Waals surface area contributed by atoms with Crippen LogP contribution in [0.5, 0.6) is 5.75 Å². The van der Waals surface area contributed by atoms with Gasteiger partial charge in [-0.25, -0.2) is 0 Å². The summed E-state index contributed by atoms with van der Waals surface area (Å²) in [6, 6.07) is 5.85. The largest absolute Gasteiger partial charge is 0.496 e. The first-order valence-corrected chi connectivity index (χ1v) is 6.08. The van der Waals surface area contributed by atoms with E-state index < -0.39 is 0 Å². The van der Waals surface area contributed by atoms with Crippen LogP contribution in [0.2, 0.25) is 0 Å². The van der Waals surface area contributed by atoms with Crippen molar-refractivity contribution in [2.24, 2.45) is 0 Å². The maximum Gasteiger partial charge on any atom is 0.198 e. The first kappa shape index (κ1) is 12.7. The molecule has 0 radical (unpaired) electrons. The average Bonchev–Trinajstić information content (AvgIpc) is 2.73. The van der Waals surface area contributed by atoms with E-state index in [4.69, 9.17) is 14.5 Å². The minimum absolute atomic E-state index is 0.227. The monoisotopic (exact) mass is 306 g/mol. The second-order valence-electron chi connectivity index (χ2n) is 3.92. The van der Waals surface area contributed by atoms with Gasteiger partial charge in [-0.2, -0.15) is 5.26 Å². The van der Waals surface area contributed by atoms with Crippen molar-refractivity contribution in [3.8, 4) is 23.1 Å².